The summed E-state index contributed by atoms with van der Waals surface area (Å²) in [5, 5.41) is 0.976. The minimum absolute atomic E-state index is 0.148. The van der Waals surface area contributed by atoms with Crippen molar-refractivity contribution < 1.29 is 17.0 Å². The van der Waals surface area contributed by atoms with E-state index >= 15 is 0 Å². The van der Waals surface area contributed by atoms with Crippen LogP contribution >= 0.6 is 0 Å². The lowest BCUT2D eigenvalue weighted by Gasteiger charge is -2.06. The molecule has 84 valence electrons. The summed E-state index contributed by atoms with van der Waals surface area (Å²) < 4.78 is 40.8. The summed E-state index contributed by atoms with van der Waals surface area (Å²) in [6, 6.07) is 8.90. The molecule has 2 aromatic rings. The molecule has 0 bridgehead atoms. The highest BCUT2D eigenvalue weighted by Crippen LogP contribution is 2.25. The van der Waals surface area contributed by atoms with Crippen LogP contribution in [0.5, 0.6) is 0 Å². The smallest absolute Gasteiger partial charge is 0.270 e. The second kappa shape index (κ2) is 3.84. The average Bonchev–Trinajstić information content (AvgIpc) is 2.28. The van der Waals surface area contributed by atoms with Gasteiger partial charge in [-0.1, -0.05) is 24.3 Å². The lowest BCUT2D eigenvalue weighted by Crippen LogP contribution is -2.04. The molecule has 2 aromatic carbocycles. The fourth-order valence-electron chi connectivity index (χ4n) is 1.54. The van der Waals surface area contributed by atoms with Crippen molar-refractivity contribution >= 4 is 20.9 Å². The predicted octanol–water partition coefficient (Wildman–Crippen LogP) is 2.31. The minimum atomic E-state index is -3.89. The van der Waals surface area contributed by atoms with Crippen molar-refractivity contribution in [2.75, 3.05) is 7.11 Å². The van der Waals surface area contributed by atoms with Crippen molar-refractivity contribution in [2.45, 2.75) is 4.90 Å². The lowest BCUT2D eigenvalue weighted by molar-refractivity contribution is 0.398. The summed E-state index contributed by atoms with van der Waals surface area (Å²) in [7, 11) is -2.84. The Morgan fingerprint density at radius 1 is 1.19 bits per heavy atom. The highest BCUT2D eigenvalue weighted by Gasteiger charge is 2.17. The molecule has 0 amide bonds. The fraction of sp³-hybridized carbons (Fsp3) is 0.0909. The van der Waals surface area contributed by atoms with Gasteiger partial charge in [-0.3, -0.25) is 4.18 Å². The van der Waals surface area contributed by atoms with Crippen molar-refractivity contribution in [3.8, 4) is 0 Å². The molecule has 2 rings (SSSR count). The van der Waals surface area contributed by atoms with Crippen LogP contribution in [-0.2, 0) is 14.3 Å². The molecule has 0 aliphatic rings. The molecule has 0 fully saturated rings. The van der Waals surface area contributed by atoms with Crippen molar-refractivity contribution in [3.05, 3.63) is 42.2 Å². The summed E-state index contributed by atoms with van der Waals surface area (Å²) in [5.74, 6) is -0.602. The molecule has 0 saturated carbocycles. The highest BCUT2D eigenvalue weighted by atomic mass is 32.2. The van der Waals surface area contributed by atoms with E-state index in [1.165, 1.54) is 6.07 Å². The van der Waals surface area contributed by atoms with E-state index in [9.17, 15) is 12.8 Å². The second-order valence-corrected chi connectivity index (χ2v) is 4.93. The van der Waals surface area contributed by atoms with E-state index in [-0.39, 0.29) is 4.90 Å². The van der Waals surface area contributed by atoms with Gasteiger partial charge in [-0.25, -0.2) is 4.39 Å². The summed E-state index contributed by atoms with van der Waals surface area (Å²) in [5.41, 5.74) is 0. The van der Waals surface area contributed by atoms with Crippen LogP contribution in [0, 0.1) is 5.82 Å². The summed E-state index contributed by atoms with van der Waals surface area (Å²) >= 11 is 0. The molecular weight excluding hydrogens is 231 g/mol. The van der Waals surface area contributed by atoms with E-state index < -0.39 is 15.9 Å². The average molecular weight is 240 g/mol. The quantitative estimate of drug-likeness (QED) is 0.756. The van der Waals surface area contributed by atoms with Gasteiger partial charge in [0, 0.05) is 5.39 Å². The first kappa shape index (κ1) is 11.0. The van der Waals surface area contributed by atoms with E-state index in [1.54, 1.807) is 24.3 Å². The Hall–Kier alpha value is -1.46. The first-order chi connectivity index (χ1) is 7.54. The van der Waals surface area contributed by atoms with Crippen LogP contribution in [0.15, 0.2) is 41.3 Å². The van der Waals surface area contributed by atoms with Gasteiger partial charge in [0.15, 0.2) is 0 Å². The van der Waals surface area contributed by atoms with Gasteiger partial charge in [0.05, 0.1) is 7.11 Å². The lowest BCUT2D eigenvalue weighted by atomic mass is 10.1. The van der Waals surface area contributed by atoms with Gasteiger partial charge >= 0.3 is 0 Å². The molecule has 0 saturated heterocycles. The number of benzene rings is 2. The third kappa shape index (κ3) is 1.79. The van der Waals surface area contributed by atoms with Gasteiger partial charge in [0.1, 0.15) is 10.7 Å². The number of rotatable bonds is 2. The van der Waals surface area contributed by atoms with E-state index in [0.29, 0.717) is 10.8 Å². The number of halogens is 1. The van der Waals surface area contributed by atoms with Crippen molar-refractivity contribution in [2.24, 2.45) is 0 Å². The van der Waals surface area contributed by atoms with Crippen molar-refractivity contribution in [3.63, 3.8) is 0 Å². The Labute approximate surface area is 92.6 Å². The largest absolute Gasteiger partial charge is 0.297 e. The molecule has 0 N–H and O–H groups in total. The van der Waals surface area contributed by atoms with E-state index in [0.717, 1.165) is 13.2 Å². The predicted molar refractivity (Wildman–Crippen MR) is 58.1 cm³/mol. The maximum absolute atomic E-state index is 13.2. The van der Waals surface area contributed by atoms with Crippen molar-refractivity contribution in [1.29, 1.82) is 0 Å². The molecular formula is C11H9FO3S. The molecule has 0 spiro atoms. The third-order valence-electron chi connectivity index (χ3n) is 2.28. The fourth-order valence-corrected chi connectivity index (χ4v) is 2.43. The standard InChI is InChI=1S/C11H9FO3S/c1-15-16(13,14)11-7-9(12)6-8-4-2-3-5-10(8)11/h2-7H,1H3. The first-order valence-electron chi connectivity index (χ1n) is 4.53. The van der Waals surface area contributed by atoms with Crippen LogP contribution in [0.25, 0.3) is 10.8 Å². The number of hydrogen-bond acceptors (Lipinski definition) is 3. The van der Waals surface area contributed by atoms with Crippen molar-refractivity contribution in [1.82, 2.24) is 0 Å². The van der Waals surface area contributed by atoms with Gasteiger partial charge in [0.2, 0.25) is 0 Å². The van der Waals surface area contributed by atoms with Crippen LogP contribution in [-0.4, -0.2) is 15.5 Å². The Morgan fingerprint density at radius 3 is 2.56 bits per heavy atom. The normalized spacial score (nSPS) is 11.9. The number of hydrogen-bond donors (Lipinski definition) is 0. The van der Waals surface area contributed by atoms with Crippen LogP contribution in [0.1, 0.15) is 0 Å². The summed E-state index contributed by atoms with van der Waals surface area (Å²) in [6.45, 7) is 0. The molecule has 0 atom stereocenters. The van der Waals surface area contributed by atoms with Crippen LogP contribution in [0.3, 0.4) is 0 Å². The Kier molecular flexibility index (Phi) is 2.65. The van der Waals surface area contributed by atoms with Crippen LogP contribution < -0.4 is 0 Å². The number of fused-ring (bicyclic) bond motifs is 1. The Bertz CT molecular complexity index is 635. The van der Waals surface area contributed by atoms with Gasteiger partial charge in [-0.2, -0.15) is 8.42 Å². The first-order valence-corrected chi connectivity index (χ1v) is 5.94. The monoisotopic (exact) mass is 240 g/mol. The summed E-state index contributed by atoms with van der Waals surface area (Å²) in [6.07, 6.45) is 0. The summed E-state index contributed by atoms with van der Waals surface area (Å²) in [4.78, 5) is -0.148. The van der Waals surface area contributed by atoms with Crippen LogP contribution in [0.4, 0.5) is 4.39 Å². The zero-order valence-corrected chi connectivity index (χ0v) is 9.29. The topological polar surface area (TPSA) is 43.4 Å². The molecule has 16 heavy (non-hydrogen) atoms. The molecule has 0 aromatic heterocycles. The van der Waals surface area contributed by atoms with E-state index in [2.05, 4.69) is 4.18 Å². The minimum Gasteiger partial charge on any atom is -0.270 e. The molecule has 0 aliphatic carbocycles. The third-order valence-corrected chi connectivity index (χ3v) is 3.59. The van der Waals surface area contributed by atoms with Crippen LogP contribution in [0.2, 0.25) is 0 Å². The molecule has 0 radical (unpaired) electrons. The van der Waals surface area contributed by atoms with Gasteiger partial charge < -0.3 is 0 Å². The Morgan fingerprint density at radius 2 is 1.88 bits per heavy atom. The second-order valence-electron chi connectivity index (χ2n) is 3.25. The van der Waals surface area contributed by atoms with Gasteiger partial charge in [-0.15, -0.1) is 0 Å². The van der Waals surface area contributed by atoms with Gasteiger partial charge in [-0.05, 0) is 17.5 Å². The molecule has 0 aliphatic heterocycles. The maximum atomic E-state index is 13.2. The Balaban J connectivity index is 2.89. The SMILES string of the molecule is COS(=O)(=O)c1cc(F)cc2ccccc12. The molecule has 5 heteroatoms. The maximum Gasteiger partial charge on any atom is 0.297 e. The van der Waals surface area contributed by atoms with E-state index in [1.807, 2.05) is 0 Å². The molecule has 0 heterocycles. The zero-order valence-electron chi connectivity index (χ0n) is 8.48. The molecule has 3 nitrogen and oxygen atoms in total. The highest BCUT2D eigenvalue weighted by molar-refractivity contribution is 7.87. The van der Waals surface area contributed by atoms with Gasteiger partial charge in [0.25, 0.3) is 10.1 Å². The zero-order chi connectivity index (χ0) is 11.8. The molecule has 0 unspecified atom stereocenters. The van der Waals surface area contributed by atoms with E-state index in [4.69, 9.17) is 0 Å².